The van der Waals surface area contributed by atoms with Crippen LogP contribution in [0.15, 0.2) is 12.1 Å². The molecule has 0 aliphatic heterocycles. The molecule has 0 saturated heterocycles. The summed E-state index contributed by atoms with van der Waals surface area (Å²) < 4.78 is 0. The molecule has 1 aliphatic carbocycles. The SMILES string of the molecule is Cc1ccc(CNC(=O)NC[C@@H]2CC[C@@H](O)C2)s1. The van der Waals surface area contributed by atoms with Gasteiger partial charge in [0.15, 0.2) is 0 Å². The van der Waals surface area contributed by atoms with Gasteiger partial charge >= 0.3 is 6.03 Å². The van der Waals surface area contributed by atoms with Crippen molar-refractivity contribution in [3.8, 4) is 0 Å². The normalized spacial score (nSPS) is 23.0. The van der Waals surface area contributed by atoms with Gasteiger partial charge in [-0.2, -0.15) is 0 Å². The second kappa shape index (κ2) is 6.20. The molecule has 100 valence electrons. The molecule has 3 N–H and O–H groups in total. The smallest absolute Gasteiger partial charge is 0.315 e. The van der Waals surface area contributed by atoms with Crippen molar-refractivity contribution in [3.05, 3.63) is 21.9 Å². The summed E-state index contributed by atoms with van der Waals surface area (Å²) >= 11 is 1.70. The molecule has 0 spiro atoms. The van der Waals surface area contributed by atoms with Gasteiger partial charge < -0.3 is 15.7 Å². The van der Waals surface area contributed by atoms with Crippen LogP contribution < -0.4 is 10.6 Å². The molecule has 1 saturated carbocycles. The second-order valence-electron chi connectivity index (χ2n) is 4.91. The maximum Gasteiger partial charge on any atom is 0.315 e. The molecule has 1 heterocycles. The highest BCUT2D eigenvalue weighted by molar-refractivity contribution is 7.11. The molecule has 0 aromatic carbocycles. The van der Waals surface area contributed by atoms with E-state index in [1.165, 1.54) is 9.75 Å². The van der Waals surface area contributed by atoms with Crippen LogP contribution in [0, 0.1) is 12.8 Å². The number of thiophene rings is 1. The van der Waals surface area contributed by atoms with E-state index in [0.29, 0.717) is 19.0 Å². The van der Waals surface area contributed by atoms with Crippen molar-refractivity contribution in [2.45, 2.75) is 38.8 Å². The van der Waals surface area contributed by atoms with Gasteiger partial charge in [0.1, 0.15) is 0 Å². The van der Waals surface area contributed by atoms with Gasteiger partial charge in [-0.15, -0.1) is 11.3 Å². The van der Waals surface area contributed by atoms with Gasteiger partial charge in [0.25, 0.3) is 0 Å². The maximum absolute atomic E-state index is 11.6. The lowest BCUT2D eigenvalue weighted by atomic mass is 10.1. The molecule has 4 nitrogen and oxygen atoms in total. The lowest BCUT2D eigenvalue weighted by Gasteiger charge is -2.11. The van der Waals surface area contributed by atoms with E-state index in [2.05, 4.69) is 23.6 Å². The second-order valence-corrected chi connectivity index (χ2v) is 6.28. The van der Waals surface area contributed by atoms with Crippen LogP contribution in [-0.4, -0.2) is 23.8 Å². The van der Waals surface area contributed by atoms with Crippen molar-refractivity contribution in [2.75, 3.05) is 6.54 Å². The molecule has 18 heavy (non-hydrogen) atoms. The fourth-order valence-corrected chi connectivity index (χ4v) is 3.11. The number of hydrogen-bond acceptors (Lipinski definition) is 3. The third-order valence-electron chi connectivity index (χ3n) is 3.28. The molecule has 2 amide bonds. The lowest BCUT2D eigenvalue weighted by Crippen LogP contribution is -2.37. The lowest BCUT2D eigenvalue weighted by molar-refractivity contribution is 0.177. The number of amides is 2. The monoisotopic (exact) mass is 268 g/mol. The number of nitrogens with one attached hydrogen (secondary N) is 2. The first kappa shape index (κ1) is 13.4. The Hall–Kier alpha value is -1.07. The molecule has 1 aromatic heterocycles. The quantitative estimate of drug-likeness (QED) is 0.782. The highest BCUT2D eigenvalue weighted by Crippen LogP contribution is 2.24. The summed E-state index contributed by atoms with van der Waals surface area (Å²) in [7, 11) is 0. The molecule has 1 aliphatic rings. The largest absolute Gasteiger partial charge is 0.393 e. The molecule has 1 aromatic rings. The Kier molecular flexibility index (Phi) is 4.60. The van der Waals surface area contributed by atoms with Gasteiger partial charge in [-0.05, 0) is 44.2 Å². The summed E-state index contributed by atoms with van der Waals surface area (Å²) in [4.78, 5) is 14.0. The van der Waals surface area contributed by atoms with Crippen molar-refractivity contribution < 1.29 is 9.90 Å². The van der Waals surface area contributed by atoms with E-state index < -0.39 is 0 Å². The van der Waals surface area contributed by atoms with E-state index in [-0.39, 0.29) is 12.1 Å². The first-order chi connectivity index (χ1) is 8.63. The van der Waals surface area contributed by atoms with Crippen molar-refractivity contribution in [2.24, 2.45) is 5.92 Å². The van der Waals surface area contributed by atoms with Crippen molar-refractivity contribution in [3.63, 3.8) is 0 Å². The Labute approximate surface area is 111 Å². The Balaban J connectivity index is 1.63. The number of carbonyl (C=O) groups is 1. The molecule has 2 atom stereocenters. The van der Waals surface area contributed by atoms with Crippen molar-refractivity contribution in [1.82, 2.24) is 10.6 Å². The standard InChI is InChI=1S/C13H20N2O2S/c1-9-2-5-12(18-9)8-15-13(17)14-7-10-3-4-11(16)6-10/h2,5,10-11,16H,3-4,6-8H2,1H3,(H2,14,15,17)/t10-,11-/m1/s1. The molecule has 2 rings (SSSR count). The zero-order valence-electron chi connectivity index (χ0n) is 10.6. The van der Waals surface area contributed by atoms with Gasteiger partial charge in [0.05, 0.1) is 12.6 Å². The van der Waals surface area contributed by atoms with Crippen LogP contribution in [0.5, 0.6) is 0 Å². The van der Waals surface area contributed by atoms with Crippen LogP contribution in [0.3, 0.4) is 0 Å². The number of aryl methyl sites for hydroxylation is 1. The van der Waals surface area contributed by atoms with E-state index in [4.69, 9.17) is 0 Å². The topological polar surface area (TPSA) is 61.4 Å². The minimum absolute atomic E-state index is 0.123. The average molecular weight is 268 g/mol. The number of aliphatic hydroxyl groups is 1. The molecule has 0 radical (unpaired) electrons. The fraction of sp³-hybridized carbons (Fsp3) is 0.615. The number of urea groups is 1. The zero-order valence-corrected chi connectivity index (χ0v) is 11.4. The van der Waals surface area contributed by atoms with Gasteiger partial charge in [0, 0.05) is 16.3 Å². The molecule has 0 bridgehead atoms. The number of rotatable bonds is 4. The highest BCUT2D eigenvalue weighted by atomic mass is 32.1. The van der Waals surface area contributed by atoms with Crippen LogP contribution in [0.4, 0.5) is 4.79 Å². The average Bonchev–Trinajstić information content (AvgIpc) is 2.93. The Morgan fingerprint density at radius 2 is 2.28 bits per heavy atom. The third-order valence-corrected chi connectivity index (χ3v) is 4.28. The predicted molar refractivity (Wildman–Crippen MR) is 72.6 cm³/mol. The minimum atomic E-state index is -0.172. The molecule has 0 unspecified atom stereocenters. The summed E-state index contributed by atoms with van der Waals surface area (Å²) in [6.45, 7) is 3.30. The summed E-state index contributed by atoms with van der Waals surface area (Å²) in [6.07, 6.45) is 2.51. The van der Waals surface area contributed by atoms with Crippen molar-refractivity contribution in [1.29, 1.82) is 0 Å². The summed E-state index contributed by atoms with van der Waals surface area (Å²) in [5, 5.41) is 15.1. The maximum atomic E-state index is 11.6. The van der Waals surface area contributed by atoms with Crippen LogP contribution in [0.2, 0.25) is 0 Å². The summed E-state index contributed by atoms with van der Waals surface area (Å²) in [5.41, 5.74) is 0. The first-order valence-corrected chi connectivity index (χ1v) is 7.20. The third kappa shape index (κ3) is 3.99. The van der Waals surface area contributed by atoms with Crippen LogP contribution in [0.25, 0.3) is 0 Å². The summed E-state index contributed by atoms with van der Waals surface area (Å²) in [6, 6.07) is 3.97. The molecule has 5 heteroatoms. The zero-order chi connectivity index (χ0) is 13.0. The highest BCUT2D eigenvalue weighted by Gasteiger charge is 2.22. The van der Waals surface area contributed by atoms with Crippen LogP contribution in [-0.2, 0) is 6.54 Å². The van der Waals surface area contributed by atoms with Crippen LogP contribution in [0.1, 0.15) is 29.0 Å². The molecular formula is C13H20N2O2S. The van der Waals surface area contributed by atoms with E-state index in [0.717, 1.165) is 19.3 Å². The summed E-state index contributed by atoms with van der Waals surface area (Å²) in [5.74, 6) is 0.426. The Morgan fingerprint density at radius 3 is 2.89 bits per heavy atom. The van der Waals surface area contributed by atoms with Gasteiger partial charge in [-0.25, -0.2) is 4.79 Å². The minimum Gasteiger partial charge on any atom is -0.393 e. The van der Waals surface area contributed by atoms with Crippen molar-refractivity contribution >= 4 is 17.4 Å². The molecule has 1 fully saturated rings. The number of carbonyl (C=O) groups excluding carboxylic acids is 1. The van der Waals surface area contributed by atoms with E-state index >= 15 is 0 Å². The van der Waals surface area contributed by atoms with Gasteiger partial charge in [0.2, 0.25) is 0 Å². The number of hydrogen-bond donors (Lipinski definition) is 3. The van der Waals surface area contributed by atoms with Gasteiger partial charge in [-0.3, -0.25) is 0 Å². The van der Waals surface area contributed by atoms with E-state index in [1.54, 1.807) is 11.3 Å². The first-order valence-electron chi connectivity index (χ1n) is 6.38. The number of aliphatic hydroxyl groups excluding tert-OH is 1. The van der Waals surface area contributed by atoms with Crippen LogP contribution >= 0.6 is 11.3 Å². The van der Waals surface area contributed by atoms with Gasteiger partial charge in [-0.1, -0.05) is 0 Å². The van der Waals surface area contributed by atoms with E-state index in [1.807, 2.05) is 6.07 Å². The fourth-order valence-electron chi connectivity index (χ4n) is 2.28. The predicted octanol–water partition coefficient (Wildman–Crippen LogP) is 2.02. The van der Waals surface area contributed by atoms with E-state index in [9.17, 15) is 9.90 Å². The molecular weight excluding hydrogens is 248 g/mol. The Morgan fingerprint density at radius 1 is 1.44 bits per heavy atom. The Bertz CT molecular complexity index is 405.